The minimum Gasteiger partial charge on any atom is -0.147 e. The molecule has 1 saturated heterocycles. The Morgan fingerprint density at radius 2 is 1.71 bits per heavy atom. The molecule has 0 aromatic heterocycles. The molecule has 2 fully saturated rings. The normalized spacial score (nSPS) is 31.0. The molecule has 2 rings (SSSR count). The number of rotatable bonds is 1. The van der Waals surface area contributed by atoms with Crippen molar-refractivity contribution in [3.8, 4) is 11.5 Å². The molecule has 0 unspecified atom stereocenters. The van der Waals surface area contributed by atoms with E-state index in [9.17, 15) is 0 Å². The highest BCUT2D eigenvalue weighted by Crippen LogP contribution is 2.45. The van der Waals surface area contributed by atoms with Crippen LogP contribution in [0.25, 0.3) is 0 Å². The fourth-order valence-corrected chi connectivity index (χ4v) is 6.55. The van der Waals surface area contributed by atoms with Crippen molar-refractivity contribution in [1.29, 1.82) is 0 Å². The Labute approximate surface area is 116 Å². The average molecular weight is 285 g/mol. The summed E-state index contributed by atoms with van der Waals surface area (Å²) in [6, 6.07) is 0. The lowest BCUT2D eigenvalue weighted by Gasteiger charge is -2.28. The molecule has 0 amide bonds. The molecule has 0 nitrogen and oxygen atoms in total. The van der Waals surface area contributed by atoms with E-state index in [1.54, 1.807) is 0 Å². The van der Waals surface area contributed by atoms with E-state index in [2.05, 4.69) is 54.6 Å². The Morgan fingerprint density at radius 1 is 1.00 bits per heavy atom. The van der Waals surface area contributed by atoms with Gasteiger partial charge in [0, 0.05) is 5.92 Å². The van der Waals surface area contributed by atoms with Gasteiger partial charge in [-0.2, -0.15) is 0 Å². The van der Waals surface area contributed by atoms with Crippen molar-refractivity contribution in [3.05, 3.63) is 0 Å². The van der Waals surface area contributed by atoms with Crippen LogP contribution in [-0.2, 0) is 0 Å². The van der Waals surface area contributed by atoms with Crippen LogP contribution in [0.2, 0.25) is 19.6 Å². The van der Waals surface area contributed by atoms with Crippen molar-refractivity contribution in [2.45, 2.75) is 49.9 Å². The smallest absolute Gasteiger partial charge is 0.129 e. The molecule has 1 aliphatic heterocycles. The monoisotopic (exact) mass is 284 g/mol. The summed E-state index contributed by atoms with van der Waals surface area (Å²) in [5.41, 5.74) is 3.60. The van der Waals surface area contributed by atoms with Gasteiger partial charge in [-0.05, 0) is 36.7 Å². The van der Waals surface area contributed by atoms with Crippen molar-refractivity contribution in [3.63, 3.8) is 0 Å². The third-order valence-electron chi connectivity index (χ3n) is 3.40. The third-order valence-corrected chi connectivity index (χ3v) is 7.52. The summed E-state index contributed by atoms with van der Waals surface area (Å²) in [6.07, 6.45) is 5.60. The van der Waals surface area contributed by atoms with Crippen LogP contribution >= 0.6 is 23.5 Å². The summed E-state index contributed by atoms with van der Waals surface area (Å²) >= 11 is 4.41. The van der Waals surface area contributed by atoms with Crippen molar-refractivity contribution in [2.75, 3.05) is 11.5 Å². The average Bonchev–Trinajstić information content (AvgIpc) is 2.75. The Balaban J connectivity index is 1.98. The van der Waals surface area contributed by atoms with Gasteiger partial charge in [0.15, 0.2) is 0 Å². The second-order valence-electron chi connectivity index (χ2n) is 6.18. The van der Waals surface area contributed by atoms with Gasteiger partial charge in [-0.15, -0.1) is 35.0 Å². The highest BCUT2D eigenvalue weighted by Gasteiger charge is 2.34. The molecule has 2 aliphatic rings. The largest absolute Gasteiger partial charge is 0.147 e. The van der Waals surface area contributed by atoms with Crippen molar-refractivity contribution >= 4 is 31.6 Å². The van der Waals surface area contributed by atoms with Gasteiger partial charge < -0.3 is 0 Å². The quantitative estimate of drug-likeness (QED) is 0.514. The highest BCUT2D eigenvalue weighted by atomic mass is 32.2. The zero-order valence-electron chi connectivity index (χ0n) is 11.3. The lowest BCUT2D eigenvalue weighted by Crippen LogP contribution is -2.22. The number of hydrogen-bond donors (Lipinski definition) is 0. The summed E-state index contributed by atoms with van der Waals surface area (Å²) in [7, 11) is -1.18. The molecule has 0 N–H and O–H groups in total. The van der Waals surface area contributed by atoms with Crippen LogP contribution in [0.3, 0.4) is 0 Å². The van der Waals surface area contributed by atoms with Gasteiger partial charge in [-0.25, -0.2) is 0 Å². The van der Waals surface area contributed by atoms with E-state index in [1.807, 2.05) is 0 Å². The second kappa shape index (κ2) is 6.08. The van der Waals surface area contributed by atoms with Crippen LogP contribution in [0.15, 0.2) is 0 Å². The summed E-state index contributed by atoms with van der Waals surface area (Å²) in [4.78, 5) is 0. The fraction of sp³-hybridized carbons (Fsp3) is 0.857. The minimum atomic E-state index is -1.18. The van der Waals surface area contributed by atoms with Gasteiger partial charge in [0.25, 0.3) is 0 Å². The summed E-state index contributed by atoms with van der Waals surface area (Å²) < 4.78 is 0.854. The van der Waals surface area contributed by atoms with Crippen molar-refractivity contribution < 1.29 is 0 Å². The Hall–Kier alpha value is 0.477. The molecular weight excluding hydrogens is 260 g/mol. The first kappa shape index (κ1) is 13.9. The summed E-state index contributed by atoms with van der Waals surface area (Å²) in [6.45, 7) is 7.07. The molecule has 17 heavy (non-hydrogen) atoms. The minimum absolute atomic E-state index is 0.713. The van der Waals surface area contributed by atoms with Gasteiger partial charge in [-0.3, -0.25) is 0 Å². The fourth-order valence-electron chi connectivity index (χ4n) is 2.56. The van der Waals surface area contributed by atoms with Crippen LogP contribution in [-0.4, -0.2) is 24.2 Å². The van der Waals surface area contributed by atoms with E-state index >= 15 is 0 Å². The SMILES string of the molecule is C[Si](C)(C)C#C[C@@H]1CCC[C@H]1C1SCCCS1. The van der Waals surface area contributed by atoms with Crippen LogP contribution < -0.4 is 0 Å². The van der Waals surface area contributed by atoms with Crippen LogP contribution in [0.4, 0.5) is 0 Å². The van der Waals surface area contributed by atoms with Crippen molar-refractivity contribution in [2.24, 2.45) is 11.8 Å². The molecule has 2 atom stereocenters. The van der Waals surface area contributed by atoms with E-state index in [0.29, 0.717) is 5.92 Å². The van der Waals surface area contributed by atoms with E-state index in [1.165, 1.54) is 37.2 Å². The van der Waals surface area contributed by atoms with E-state index in [0.717, 1.165) is 10.5 Å². The van der Waals surface area contributed by atoms with Crippen LogP contribution in [0.5, 0.6) is 0 Å². The van der Waals surface area contributed by atoms with Gasteiger partial charge in [-0.1, -0.05) is 26.1 Å². The third kappa shape index (κ3) is 4.26. The molecule has 1 aliphatic carbocycles. The Bertz CT molecular complexity index is 304. The topological polar surface area (TPSA) is 0 Å². The molecule has 0 aromatic carbocycles. The van der Waals surface area contributed by atoms with Gasteiger partial charge in [0.05, 0.1) is 4.58 Å². The Morgan fingerprint density at radius 3 is 2.35 bits per heavy atom. The van der Waals surface area contributed by atoms with E-state index in [-0.39, 0.29) is 0 Å². The Kier molecular flexibility index (Phi) is 4.97. The predicted molar refractivity (Wildman–Crippen MR) is 85.3 cm³/mol. The number of thioether (sulfide) groups is 2. The van der Waals surface area contributed by atoms with Crippen LogP contribution in [0.1, 0.15) is 25.7 Å². The highest BCUT2D eigenvalue weighted by molar-refractivity contribution is 8.17. The van der Waals surface area contributed by atoms with E-state index in [4.69, 9.17) is 0 Å². The summed E-state index contributed by atoms with van der Waals surface area (Å²) in [5.74, 6) is 8.00. The first-order valence-electron chi connectivity index (χ1n) is 6.82. The molecule has 96 valence electrons. The summed E-state index contributed by atoms with van der Waals surface area (Å²) in [5, 5.41) is 0. The molecule has 0 spiro atoms. The molecule has 0 aromatic rings. The molecule has 0 radical (unpaired) electrons. The maximum Gasteiger partial charge on any atom is 0.129 e. The first-order chi connectivity index (χ1) is 8.06. The lowest BCUT2D eigenvalue weighted by atomic mass is 9.99. The molecule has 1 heterocycles. The van der Waals surface area contributed by atoms with Gasteiger partial charge >= 0.3 is 0 Å². The standard InChI is InChI=1S/C14H24S2Si/c1-17(2,3)11-8-12-6-4-7-13(12)14-15-9-5-10-16-14/h12-14H,4-7,9-10H2,1-3H3/t12-,13+/m0/s1. The van der Waals surface area contributed by atoms with Crippen LogP contribution in [0, 0.1) is 23.3 Å². The molecule has 0 bridgehead atoms. The van der Waals surface area contributed by atoms with Gasteiger partial charge in [0.2, 0.25) is 0 Å². The second-order valence-corrected chi connectivity index (χ2v) is 13.7. The number of hydrogen-bond acceptors (Lipinski definition) is 2. The lowest BCUT2D eigenvalue weighted by molar-refractivity contribution is 0.509. The molecular formula is C14H24S2Si. The van der Waals surface area contributed by atoms with Gasteiger partial charge in [0.1, 0.15) is 8.07 Å². The predicted octanol–water partition coefficient (Wildman–Crippen LogP) is 4.48. The molecule has 1 saturated carbocycles. The van der Waals surface area contributed by atoms with E-state index < -0.39 is 8.07 Å². The zero-order chi connectivity index (χ0) is 12.3. The maximum atomic E-state index is 3.65. The zero-order valence-corrected chi connectivity index (χ0v) is 13.9. The maximum absolute atomic E-state index is 3.65. The molecule has 3 heteroatoms. The first-order valence-corrected chi connectivity index (χ1v) is 12.4. The van der Waals surface area contributed by atoms with Crippen molar-refractivity contribution in [1.82, 2.24) is 0 Å².